The van der Waals surface area contributed by atoms with Crippen molar-refractivity contribution >= 4 is 29.0 Å². The van der Waals surface area contributed by atoms with Crippen molar-refractivity contribution in [3.63, 3.8) is 0 Å². The fourth-order valence-electron chi connectivity index (χ4n) is 4.66. The summed E-state index contributed by atoms with van der Waals surface area (Å²) in [6, 6.07) is 20.8. The summed E-state index contributed by atoms with van der Waals surface area (Å²) in [5.74, 6) is -0.610. The number of nitrogens with zero attached hydrogens (tertiary/aromatic N) is 2. The van der Waals surface area contributed by atoms with E-state index in [-0.39, 0.29) is 22.3 Å². The van der Waals surface area contributed by atoms with E-state index in [1.165, 1.54) is 34.4 Å². The number of carbonyl (C=O) groups excluding carboxylic acids is 1. The summed E-state index contributed by atoms with van der Waals surface area (Å²) in [6.07, 6.45) is 2.33. The van der Waals surface area contributed by atoms with E-state index < -0.39 is 5.82 Å². The fourth-order valence-corrected chi connectivity index (χ4v) is 4.96. The quantitative estimate of drug-likeness (QED) is 0.384. The van der Waals surface area contributed by atoms with Gasteiger partial charge in [-0.15, -0.1) is 0 Å². The largest absolute Gasteiger partial charge is 0.350 e. The second-order valence-corrected chi connectivity index (χ2v) is 9.07. The molecular weight excluding hydrogens is 463 g/mol. The maximum absolute atomic E-state index is 13.3. The van der Waals surface area contributed by atoms with Crippen LogP contribution >= 0.6 is 12.2 Å². The summed E-state index contributed by atoms with van der Waals surface area (Å²) in [4.78, 5) is 31.6. The van der Waals surface area contributed by atoms with Crippen molar-refractivity contribution in [1.29, 1.82) is 0 Å². The first kappa shape index (κ1) is 23.1. The molecule has 1 atom stereocenters. The molecule has 35 heavy (non-hydrogen) atoms. The first-order chi connectivity index (χ1) is 17.0. The van der Waals surface area contributed by atoms with Gasteiger partial charge in [-0.3, -0.25) is 19.1 Å². The highest BCUT2D eigenvalue weighted by molar-refractivity contribution is 7.71. The number of benzene rings is 3. The Morgan fingerprint density at radius 1 is 1.03 bits per heavy atom. The third kappa shape index (κ3) is 4.80. The monoisotopic (exact) mass is 488 g/mol. The van der Waals surface area contributed by atoms with E-state index in [1.807, 2.05) is 18.2 Å². The van der Waals surface area contributed by atoms with Crippen LogP contribution in [0.4, 0.5) is 4.39 Å². The molecule has 0 unspecified atom stereocenters. The standard InChI is InChI=1S/C27H25FN4O2S/c28-20-9-11-21(12-10-20)32-26(34)22-13-8-19(16-23(22)30-27(32)35)25(33)29-17-24(31-14-4-5-15-31)18-6-2-1-3-7-18/h1-3,6-13,16,24H,4-5,14-15,17H2,(H,29,33)(H,30,35)/t24-/m1/s1. The Labute approximate surface area is 207 Å². The molecule has 4 aromatic rings. The Morgan fingerprint density at radius 3 is 2.46 bits per heavy atom. The van der Waals surface area contributed by atoms with Gasteiger partial charge in [0, 0.05) is 12.1 Å². The van der Waals surface area contributed by atoms with E-state index in [1.54, 1.807) is 18.2 Å². The smallest absolute Gasteiger partial charge is 0.266 e. The topological polar surface area (TPSA) is 70.1 Å². The molecule has 1 aliphatic rings. The van der Waals surface area contributed by atoms with E-state index in [2.05, 4.69) is 27.3 Å². The molecule has 6 nitrogen and oxygen atoms in total. The number of carbonyl (C=O) groups is 1. The minimum Gasteiger partial charge on any atom is -0.350 e. The minimum atomic E-state index is -0.396. The Kier molecular flexibility index (Phi) is 6.57. The molecule has 0 radical (unpaired) electrons. The highest BCUT2D eigenvalue weighted by Gasteiger charge is 2.24. The van der Waals surface area contributed by atoms with Gasteiger partial charge >= 0.3 is 0 Å². The molecule has 0 bridgehead atoms. The van der Waals surface area contributed by atoms with Crippen LogP contribution in [0, 0.1) is 10.6 Å². The molecule has 1 aromatic heterocycles. The van der Waals surface area contributed by atoms with Gasteiger partial charge in [-0.1, -0.05) is 30.3 Å². The molecule has 3 aromatic carbocycles. The lowest BCUT2D eigenvalue weighted by Crippen LogP contribution is -2.36. The van der Waals surface area contributed by atoms with Crippen molar-refractivity contribution in [2.75, 3.05) is 19.6 Å². The maximum atomic E-state index is 13.3. The summed E-state index contributed by atoms with van der Waals surface area (Å²) >= 11 is 5.40. The van der Waals surface area contributed by atoms with Crippen molar-refractivity contribution in [1.82, 2.24) is 19.8 Å². The van der Waals surface area contributed by atoms with Crippen molar-refractivity contribution in [3.8, 4) is 5.69 Å². The second kappa shape index (κ2) is 9.93. The van der Waals surface area contributed by atoms with Crippen LogP contribution in [0.25, 0.3) is 16.6 Å². The van der Waals surface area contributed by atoms with Crippen molar-refractivity contribution in [2.24, 2.45) is 0 Å². The molecule has 0 spiro atoms. The summed E-state index contributed by atoms with van der Waals surface area (Å²) in [7, 11) is 0. The summed E-state index contributed by atoms with van der Waals surface area (Å²) in [5, 5.41) is 3.46. The lowest BCUT2D eigenvalue weighted by atomic mass is 10.1. The number of H-pyrrole nitrogens is 1. The van der Waals surface area contributed by atoms with Crippen molar-refractivity contribution in [3.05, 3.63) is 105 Å². The molecule has 1 saturated heterocycles. The van der Waals surface area contributed by atoms with Crippen LogP contribution < -0.4 is 10.9 Å². The predicted octanol–water partition coefficient (Wildman–Crippen LogP) is 4.75. The molecule has 2 heterocycles. The number of rotatable bonds is 6. The summed E-state index contributed by atoms with van der Waals surface area (Å²) in [6.45, 7) is 2.52. The molecule has 178 valence electrons. The Bertz CT molecular complexity index is 1480. The maximum Gasteiger partial charge on any atom is 0.266 e. The number of nitrogens with one attached hydrogen (secondary N) is 2. The van der Waals surface area contributed by atoms with Crippen LogP contribution in [-0.4, -0.2) is 40.0 Å². The Hall–Kier alpha value is -3.62. The van der Waals surface area contributed by atoms with Crippen LogP contribution in [0.15, 0.2) is 77.6 Å². The summed E-state index contributed by atoms with van der Waals surface area (Å²) < 4.78 is 14.8. The van der Waals surface area contributed by atoms with Gasteiger partial charge in [0.2, 0.25) is 0 Å². The Balaban J connectivity index is 1.40. The van der Waals surface area contributed by atoms with E-state index in [0.29, 0.717) is 28.7 Å². The molecule has 0 aliphatic carbocycles. The highest BCUT2D eigenvalue weighted by atomic mass is 32.1. The van der Waals surface area contributed by atoms with Gasteiger partial charge in [0.15, 0.2) is 4.77 Å². The van der Waals surface area contributed by atoms with Crippen LogP contribution in [0.2, 0.25) is 0 Å². The SMILES string of the molecule is O=C(NC[C@H](c1ccccc1)N1CCCC1)c1ccc2c(=O)n(-c3ccc(F)cc3)c(=S)[nH]c2c1. The third-order valence-electron chi connectivity index (χ3n) is 6.47. The average Bonchev–Trinajstić information content (AvgIpc) is 3.40. The van der Waals surface area contributed by atoms with Gasteiger partial charge < -0.3 is 10.3 Å². The van der Waals surface area contributed by atoms with Gasteiger partial charge in [-0.2, -0.15) is 0 Å². The molecule has 0 saturated carbocycles. The van der Waals surface area contributed by atoms with Crippen molar-refractivity contribution in [2.45, 2.75) is 18.9 Å². The van der Waals surface area contributed by atoms with Gasteiger partial charge in [0.25, 0.3) is 11.5 Å². The molecule has 1 fully saturated rings. The van der Waals surface area contributed by atoms with E-state index in [9.17, 15) is 14.0 Å². The predicted molar refractivity (Wildman–Crippen MR) is 137 cm³/mol. The zero-order chi connectivity index (χ0) is 24.4. The molecule has 8 heteroatoms. The Morgan fingerprint density at radius 2 is 1.74 bits per heavy atom. The van der Waals surface area contributed by atoms with Gasteiger partial charge in [-0.05, 0) is 86.2 Å². The second-order valence-electron chi connectivity index (χ2n) is 8.69. The van der Waals surface area contributed by atoms with Crippen LogP contribution in [-0.2, 0) is 0 Å². The summed E-state index contributed by atoms with van der Waals surface area (Å²) in [5.41, 5.74) is 2.23. The zero-order valence-electron chi connectivity index (χ0n) is 19.0. The number of aromatic nitrogens is 2. The zero-order valence-corrected chi connectivity index (χ0v) is 19.9. The highest BCUT2D eigenvalue weighted by Crippen LogP contribution is 2.24. The van der Waals surface area contributed by atoms with Gasteiger partial charge in [0.1, 0.15) is 5.82 Å². The number of aromatic amines is 1. The number of fused-ring (bicyclic) bond motifs is 1. The number of hydrogen-bond acceptors (Lipinski definition) is 4. The van der Waals surface area contributed by atoms with Crippen molar-refractivity contribution < 1.29 is 9.18 Å². The molecular formula is C27H25FN4O2S. The van der Waals surface area contributed by atoms with E-state index in [0.717, 1.165) is 25.9 Å². The first-order valence-corrected chi connectivity index (χ1v) is 12.0. The van der Waals surface area contributed by atoms with Crippen LogP contribution in [0.3, 0.4) is 0 Å². The number of halogens is 1. The minimum absolute atomic E-state index is 0.108. The van der Waals surface area contributed by atoms with E-state index in [4.69, 9.17) is 12.2 Å². The number of hydrogen-bond donors (Lipinski definition) is 2. The fraction of sp³-hybridized carbons (Fsp3) is 0.222. The molecule has 5 rings (SSSR count). The van der Waals surface area contributed by atoms with Gasteiger partial charge in [-0.25, -0.2) is 4.39 Å². The molecule has 1 aliphatic heterocycles. The van der Waals surface area contributed by atoms with Crippen LogP contribution in [0.1, 0.15) is 34.8 Å². The normalized spacial score (nSPS) is 14.8. The molecule has 1 amide bonds. The number of amides is 1. The first-order valence-electron chi connectivity index (χ1n) is 11.6. The average molecular weight is 489 g/mol. The number of likely N-dealkylation sites (tertiary alicyclic amines) is 1. The van der Waals surface area contributed by atoms with Gasteiger partial charge in [0.05, 0.1) is 22.6 Å². The third-order valence-corrected chi connectivity index (χ3v) is 6.75. The van der Waals surface area contributed by atoms with E-state index >= 15 is 0 Å². The lowest BCUT2D eigenvalue weighted by Gasteiger charge is -2.28. The molecule has 2 N–H and O–H groups in total. The van der Waals surface area contributed by atoms with Crippen LogP contribution in [0.5, 0.6) is 0 Å². The lowest BCUT2D eigenvalue weighted by molar-refractivity contribution is 0.0938.